The maximum atomic E-state index is 12.3. The Balaban J connectivity index is 1.34. The summed E-state index contributed by atoms with van der Waals surface area (Å²) in [6.45, 7) is 0.0949. The maximum Gasteiger partial charge on any atom is 0.251 e. The van der Waals surface area contributed by atoms with E-state index in [1.54, 1.807) is 18.2 Å². The van der Waals surface area contributed by atoms with Crippen molar-refractivity contribution in [2.24, 2.45) is 0 Å². The molecule has 26 heavy (non-hydrogen) atoms. The molecule has 0 bridgehead atoms. The Morgan fingerprint density at radius 1 is 1.08 bits per heavy atom. The van der Waals surface area contributed by atoms with Crippen LogP contribution in [0.25, 0.3) is 0 Å². The lowest BCUT2D eigenvalue weighted by atomic mass is 9.88. The molecular formula is C20H20N2O4. The predicted octanol–water partition coefficient (Wildman–Crippen LogP) is 2.34. The maximum absolute atomic E-state index is 12.3. The average molecular weight is 352 g/mol. The van der Waals surface area contributed by atoms with Crippen molar-refractivity contribution < 1.29 is 19.1 Å². The van der Waals surface area contributed by atoms with Crippen LogP contribution in [0.5, 0.6) is 11.5 Å². The van der Waals surface area contributed by atoms with E-state index in [9.17, 15) is 9.59 Å². The molecule has 134 valence electrons. The molecular weight excluding hydrogens is 332 g/mol. The Kier molecular flexibility index (Phi) is 4.48. The highest BCUT2D eigenvalue weighted by molar-refractivity contribution is 5.97. The van der Waals surface area contributed by atoms with Gasteiger partial charge in [-0.2, -0.15) is 0 Å². The molecule has 1 atom stereocenters. The largest absolute Gasteiger partial charge is 0.454 e. The number of ether oxygens (including phenoxy) is 2. The molecule has 6 heteroatoms. The van der Waals surface area contributed by atoms with Crippen LogP contribution in [0.3, 0.4) is 0 Å². The van der Waals surface area contributed by atoms with Crippen molar-refractivity contribution in [3.8, 4) is 11.5 Å². The van der Waals surface area contributed by atoms with Crippen LogP contribution in [0.4, 0.5) is 0 Å². The van der Waals surface area contributed by atoms with Gasteiger partial charge in [-0.25, -0.2) is 0 Å². The molecule has 1 aliphatic heterocycles. The Bertz CT molecular complexity index is 849. The van der Waals surface area contributed by atoms with E-state index in [0.717, 1.165) is 19.3 Å². The van der Waals surface area contributed by atoms with Crippen LogP contribution in [-0.2, 0) is 11.2 Å². The molecule has 2 aliphatic rings. The van der Waals surface area contributed by atoms with Crippen molar-refractivity contribution in [1.82, 2.24) is 10.6 Å². The lowest BCUT2D eigenvalue weighted by Gasteiger charge is -2.26. The fraction of sp³-hybridized carbons (Fsp3) is 0.300. The minimum absolute atomic E-state index is 0.00916. The summed E-state index contributed by atoms with van der Waals surface area (Å²) in [6.07, 6.45) is 3.01. The summed E-state index contributed by atoms with van der Waals surface area (Å²) in [5.41, 5.74) is 2.90. The summed E-state index contributed by atoms with van der Waals surface area (Å²) >= 11 is 0. The first-order valence-electron chi connectivity index (χ1n) is 8.76. The van der Waals surface area contributed by atoms with Gasteiger partial charge in [0.1, 0.15) is 0 Å². The Morgan fingerprint density at radius 2 is 1.92 bits per heavy atom. The first kappa shape index (κ1) is 16.4. The lowest BCUT2D eigenvalue weighted by Crippen LogP contribution is -2.39. The second-order valence-electron chi connectivity index (χ2n) is 6.46. The summed E-state index contributed by atoms with van der Waals surface area (Å²) in [7, 11) is 0. The Hall–Kier alpha value is -3.02. The molecule has 6 nitrogen and oxygen atoms in total. The summed E-state index contributed by atoms with van der Waals surface area (Å²) < 4.78 is 10.5. The topological polar surface area (TPSA) is 76.7 Å². The summed E-state index contributed by atoms with van der Waals surface area (Å²) in [5.74, 6) is 0.652. The monoisotopic (exact) mass is 352 g/mol. The van der Waals surface area contributed by atoms with Crippen molar-refractivity contribution in [2.45, 2.75) is 25.3 Å². The molecule has 2 N–H and O–H groups in total. The molecule has 0 fully saturated rings. The van der Waals surface area contributed by atoms with Gasteiger partial charge in [0.05, 0.1) is 12.6 Å². The van der Waals surface area contributed by atoms with Gasteiger partial charge < -0.3 is 20.1 Å². The zero-order valence-corrected chi connectivity index (χ0v) is 14.3. The fourth-order valence-corrected chi connectivity index (χ4v) is 3.45. The highest BCUT2D eigenvalue weighted by Gasteiger charge is 2.22. The summed E-state index contributed by atoms with van der Waals surface area (Å²) in [5, 5.41) is 5.68. The minimum atomic E-state index is -0.317. The molecule has 2 aromatic carbocycles. The molecule has 2 amide bonds. The van der Waals surface area contributed by atoms with Crippen LogP contribution in [-0.4, -0.2) is 25.2 Å². The predicted molar refractivity (Wildman–Crippen MR) is 95.2 cm³/mol. The zero-order chi connectivity index (χ0) is 17.9. The molecule has 0 aromatic heterocycles. The van der Waals surface area contributed by atoms with E-state index in [1.807, 2.05) is 12.1 Å². The first-order valence-corrected chi connectivity index (χ1v) is 8.76. The van der Waals surface area contributed by atoms with Crippen molar-refractivity contribution >= 4 is 11.8 Å². The number of aryl methyl sites for hydroxylation is 1. The molecule has 1 aliphatic carbocycles. The van der Waals surface area contributed by atoms with E-state index in [2.05, 4.69) is 22.8 Å². The Morgan fingerprint density at radius 3 is 2.85 bits per heavy atom. The standard InChI is InChI=1S/C20H20N2O4/c23-19(22-16-7-3-5-13-4-1-2-6-15(13)16)11-21-20(24)14-8-9-17-18(10-14)26-12-25-17/h1-2,4,6,8-10,16H,3,5,7,11-12H2,(H,21,24)(H,22,23). The van der Waals surface area contributed by atoms with Crippen molar-refractivity contribution in [3.63, 3.8) is 0 Å². The van der Waals surface area contributed by atoms with E-state index in [0.29, 0.717) is 17.1 Å². The second-order valence-corrected chi connectivity index (χ2v) is 6.46. The molecule has 0 saturated heterocycles. The van der Waals surface area contributed by atoms with Gasteiger partial charge in [0.15, 0.2) is 11.5 Å². The third-order valence-corrected chi connectivity index (χ3v) is 4.75. The number of rotatable bonds is 4. The number of carbonyl (C=O) groups excluding carboxylic acids is 2. The average Bonchev–Trinajstić information content (AvgIpc) is 3.14. The Labute approximate surface area is 151 Å². The molecule has 1 unspecified atom stereocenters. The summed E-state index contributed by atoms with van der Waals surface area (Å²) in [4.78, 5) is 24.5. The SMILES string of the molecule is O=C(CNC(=O)c1ccc2c(c1)OCO2)NC1CCCc2ccccc21. The van der Waals surface area contributed by atoms with Crippen LogP contribution >= 0.6 is 0 Å². The van der Waals surface area contributed by atoms with Crippen LogP contribution in [0.2, 0.25) is 0 Å². The quantitative estimate of drug-likeness (QED) is 0.885. The van der Waals surface area contributed by atoms with Gasteiger partial charge in [0, 0.05) is 5.56 Å². The van der Waals surface area contributed by atoms with Gasteiger partial charge in [-0.15, -0.1) is 0 Å². The van der Waals surface area contributed by atoms with Crippen molar-refractivity contribution in [3.05, 3.63) is 59.2 Å². The van der Waals surface area contributed by atoms with Crippen LogP contribution in [0.15, 0.2) is 42.5 Å². The molecule has 0 radical (unpaired) electrons. The molecule has 4 rings (SSSR count). The molecule has 2 aromatic rings. The van der Waals surface area contributed by atoms with Crippen LogP contribution in [0.1, 0.15) is 40.4 Å². The highest BCUT2D eigenvalue weighted by Crippen LogP contribution is 2.32. The van der Waals surface area contributed by atoms with E-state index in [1.165, 1.54) is 11.1 Å². The molecule has 0 spiro atoms. The minimum Gasteiger partial charge on any atom is -0.454 e. The fourth-order valence-electron chi connectivity index (χ4n) is 3.45. The van der Waals surface area contributed by atoms with E-state index in [-0.39, 0.29) is 31.2 Å². The van der Waals surface area contributed by atoms with Crippen LogP contribution in [0, 0.1) is 0 Å². The van der Waals surface area contributed by atoms with Gasteiger partial charge in [-0.1, -0.05) is 24.3 Å². The second kappa shape index (κ2) is 7.07. The van der Waals surface area contributed by atoms with Gasteiger partial charge in [0.25, 0.3) is 5.91 Å². The van der Waals surface area contributed by atoms with E-state index >= 15 is 0 Å². The van der Waals surface area contributed by atoms with Crippen LogP contribution < -0.4 is 20.1 Å². The van der Waals surface area contributed by atoms with Gasteiger partial charge in [0.2, 0.25) is 12.7 Å². The molecule has 1 heterocycles. The van der Waals surface area contributed by atoms with Gasteiger partial charge in [-0.05, 0) is 48.6 Å². The summed E-state index contributed by atoms with van der Waals surface area (Å²) in [6, 6.07) is 13.1. The van der Waals surface area contributed by atoms with Crippen molar-refractivity contribution in [2.75, 3.05) is 13.3 Å². The third kappa shape index (κ3) is 3.35. The highest BCUT2D eigenvalue weighted by atomic mass is 16.7. The number of hydrogen-bond acceptors (Lipinski definition) is 4. The zero-order valence-electron chi connectivity index (χ0n) is 14.3. The van der Waals surface area contributed by atoms with Gasteiger partial charge in [-0.3, -0.25) is 9.59 Å². The number of nitrogens with one attached hydrogen (secondary N) is 2. The number of hydrogen-bond donors (Lipinski definition) is 2. The molecule has 0 saturated carbocycles. The van der Waals surface area contributed by atoms with E-state index in [4.69, 9.17) is 9.47 Å². The first-order chi connectivity index (χ1) is 12.7. The third-order valence-electron chi connectivity index (χ3n) is 4.75. The number of carbonyl (C=O) groups is 2. The number of fused-ring (bicyclic) bond motifs is 2. The smallest absolute Gasteiger partial charge is 0.251 e. The number of amides is 2. The normalized spacial score (nSPS) is 17.3. The van der Waals surface area contributed by atoms with E-state index < -0.39 is 0 Å². The lowest BCUT2D eigenvalue weighted by molar-refractivity contribution is -0.121. The van der Waals surface area contributed by atoms with Crippen molar-refractivity contribution in [1.29, 1.82) is 0 Å². The van der Waals surface area contributed by atoms with Gasteiger partial charge >= 0.3 is 0 Å². The number of benzene rings is 2.